The highest BCUT2D eigenvalue weighted by Crippen LogP contribution is 2.37. The number of hydrogen-bond acceptors (Lipinski definition) is 6. The maximum Gasteiger partial charge on any atom is 0.193 e. The Morgan fingerprint density at radius 1 is 1.36 bits per heavy atom. The quantitative estimate of drug-likeness (QED) is 0.495. The van der Waals surface area contributed by atoms with Crippen molar-refractivity contribution in [2.24, 2.45) is 0 Å². The fourth-order valence-electron chi connectivity index (χ4n) is 3.06. The summed E-state index contributed by atoms with van der Waals surface area (Å²) in [5.74, 6) is -0.881. The second kappa shape index (κ2) is 7.61. The minimum atomic E-state index is -1.61. The Morgan fingerprint density at radius 3 is 2.96 bits per heavy atom. The number of benzene rings is 1. The number of thiazole rings is 1. The van der Waals surface area contributed by atoms with Crippen LogP contribution in [-0.4, -0.2) is 34.5 Å². The van der Waals surface area contributed by atoms with Crippen molar-refractivity contribution in [3.05, 3.63) is 71.5 Å². The predicted molar refractivity (Wildman–Crippen MR) is 104 cm³/mol. The SMILES string of the molecule is C[C@@H](SCc1csc2nccn12)[C@](O)(Cn1cncn1)c1ccc(F)cc1F. The van der Waals surface area contributed by atoms with Gasteiger partial charge in [-0.05, 0) is 6.07 Å². The lowest BCUT2D eigenvalue weighted by Gasteiger charge is -2.34. The molecule has 3 aromatic heterocycles. The molecule has 1 N–H and O–H groups in total. The zero-order valence-electron chi connectivity index (χ0n) is 14.9. The van der Waals surface area contributed by atoms with E-state index < -0.39 is 22.5 Å². The molecule has 0 unspecified atom stereocenters. The van der Waals surface area contributed by atoms with Gasteiger partial charge >= 0.3 is 0 Å². The molecule has 0 saturated heterocycles. The number of halogens is 2. The molecular formula is C18H17F2N5OS2. The van der Waals surface area contributed by atoms with E-state index in [0.29, 0.717) is 5.75 Å². The van der Waals surface area contributed by atoms with Gasteiger partial charge in [-0.15, -0.1) is 23.1 Å². The maximum atomic E-state index is 14.5. The molecule has 10 heteroatoms. The first-order chi connectivity index (χ1) is 13.5. The third-order valence-corrected chi connectivity index (χ3v) is 6.89. The monoisotopic (exact) mass is 421 g/mol. The molecule has 0 aliphatic rings. The molecule has 1 aromatic carbocycles. The first-order valence-electron chi connectivity index (χ1n) is 8.49. The van der Waals surface area contributed by atoms with Crippen molar-refractivity contribution >= 4 is 28.1 Å². The summed E-state index contributed by atoms with van der Waals surface area (Å²) in [6, 6.07) is 3.22. The Bertz CT molecular complexity index is 1080. The summed E-state index contributed by atoms with van der Waals surface area (Å²) >= 11 is 3.01. The van der Waals surface area contributed by atoms with Gasteiger partial charge in [0, 0.05) is 46.1 Å². The van der Waals surface area contributed by atoms with Crippen LogP contribution in [0.25, 0.3) is 4.96 Å². The number of fused-ring (bicyclic) bond motifs is 1. The van der Waals surface area contributed by atoms with Gasteiger partial charge in [-0.2, -0.15) is 5.10 Å². The van der Waals surface area contributed by atoms with Crippen LogP contribution in [0.5, 0.6) is 0 Å². The van der Waals surface area contributed by atoms with E-state index in [4.69, 9.17) is 0 Å². The van der Waals surface area contributed by atoms with Gasteiger partial charge in [0.25, 0.3) is 0 Å². The van der Waals surface area contributed by atoms with E-state index in [0.717, 1.165) is 22.8 Å². The fourth-order valence-corrected chi connectivity index (χ4v) is 5.14. The first-order valence-corrected chi connectivity index (χ1v) is 10.4. The summed E-state index contributed by atoms with van der Waals surface area (Å²) in [5.41, 5.74) is -0.542. The van der Waals surface area contributed by atoms with Gasteiger partial charge in [0.15, 0.2) is 4.96 Å². The maximum absolute atomic E-state index is 14.5. The number of thioether (sulfide) groups is 1. The molecule has 0 saturated carbocycles. The number of aromatic nitrogens is 5. The lowest BCUT2D eigenvalue weighted by Crippen LogP contribution is -2.41. The van der Waals surface area contributed by atoms with Crippen molar-refractivity contribution in [1.82, 2.24) is 24.1 Å². The Kier molecular flexibility index (Phi) is 5.17. The van der Waals surface area contributed by atoms with Crippen molar-refractivity contribution < 1.29 is 13.9 Å². The second-order valence-electron chi connectivity index (χ2n) is 6.40. The van der Waals surface area contributed by atoms with Crippen molar-refractivity contribution in [1.29, 1.82) is 0 Å². The van der Waals surface area contributed by atoms with Gasteiger partial charge < -0.3 is 5.11 Å². The number of nitrogens with zero attached hydrogens (tertiary/aromatic N) is 5. The molecule has 4 rings (SSSR count). The smallest absolute Gasteiger partial charge is 0.193 e. The van der Waals surface area contributed by atoms with Crippen molar-refractivity contribution in [2.45, 2.75) is 30.1 Å². The average Bonchev–Trinajstić information content (AvgIpc) is 3.38. The Labute approximate surface area is 167 Å². The van der Waals surface area contributed by atoms with Crippen molar-refractivity contribution in [2.75, 3.05) is 0 Å². The van der Waals surface area contributed by atoms with Gasteiger partial charge in [-0.25, -0.2) is 23.4 Å². The Hall–Kier alpha value is -2.30. The third-order valence-electron chi connectivity index (χ3n) is 4.64. The summed E-state index contributed by atoms with van der Waals surface area (Å²) in [6.07, 6.45) is 6.42. The van der Waals surface area contributed by atoms with Crippen LogP contribution in [0.4, 0.5) is 8.78 Å². The molecule has 0 amide bonds. The first kappa shape index (κ1) is 19.0. The minimum Gasteiger partial charge on any atom is -0.382 e. The summed E-state index contributed by atoms with van der Waals surface area (Å²) < 4.78 is 31.4. The normalized spacial score (nSPS) is 15.0. The zero-order chi connectivity index (χ0) is 19.7. The topological polar surface area (TPSA) is 68.2 Å². The number of imidazole rings is 1. The van der Waals surface area contributed by atoms with E-state index in [1.807, 2.05) is 22.9 Å². The Balaban J connectivity index is 1.62. The third kappa shape index (κ3) is 3.54. The number of aliphatic hydroxyl groups is 1. The molecule has 2 atom stereocenters. The largest absolute Gasteiger partial charge is 0.382 e. The highest BCUT2D eigenvalue weighted by atomic mass is 32.2. The highest BCUT2D eigenvalue weighted by molar-refractivity contribution is 7.99. The van der Waals surface area contributed by atoms with E-state index in [2.05, 4.69) is 15.1 Å². The molecule has 6 nitrogen and oxygen atoms in total. The molecule has 0 fully saturated rings. The van der Waals surface area contributed by atoms with Crippen LogP contribution < -0.4 is 0 Å². The molecule has 3 heterocycles. The van der Waals surface area contributed by atoms with Gasteiger partial charge in [-0.3, -0.25) is 4.40 Å². The summed E-state index contributed by atoms with van der Waals surface area (Å²) in [5, 5.41) is 17.1. The van der Waals surface area contributed by atoms with Crippen molar-refractivity contribution in [3.8, 4) is 0 Å². The summed E-state index contributed by atoms with van der Waals surface area (Å²) in [6.45, 7) is 1.82. The lowest BCUT2D eigenvalue weighted by molar-refractivity contribution is 0.0133. The molecule has 146 valence electrons. The van der Waals surface area contributed by atoms with E-state index >= 15 is 0 Å². The predicted octanol–water partition coefficient (Wildman–Crippen LogP) is 3.48. The van der Waals surface area contributed by atoms with Crippen LogP contribution >= 0.6 is 23.1 Å². The van der Waals surface area contributed by atoms with Crippen LogP contribution in [0.3, 0.4) is 0 Å². The standard InChI is InChI=1S/C18H17F2N5OS2/c1-12(27-7-14-8-28-17-22-4-5-25(14)17)18(26,9-24-11-21-10-23-24)15-3-2-13(19)6-16(15)20/h2-6,8,10-12,26H,7,9H2,1H3/t12-,18-/m1/s1. The molecule has 28 heavy (non-hydrogen) atoms. The Morgan fingerprint density at radius 2 is 2.21 bits per heavy atom. The van der Waals surface area contributed by atoms with E-state index in [-0.39, 0.29) is 12.1 Å². The molecule has 4 aromatic rings. The van der Waals surface area contributed by atoms with Crippen LogP contribution in [0.1, 0.15) is 18.2 Å². The number of hydrogen-bond donors (Lipinski definition) is 1. The van der Waals surface area contributed by atoms with Crippen molar-refractivity contribution in [3.63, 3.8) is 0 Å². The molecule has 0 aliphatic heterocycles. The van der Waals surface area contributed by atoms with Crippen LogP contribution in [0.2, 0.25) is 0 Å². The zero-order valence-corrected chi connectivity index (χ0v) is 16.5. The van der Waals surface area contributed by atoms with E-state index in [1.54, 1.807) is 6.20 Å². The highest BCUT2D eigenvalue weighted by Gasteiger charge is 2.39. The van der Waals surface area contributed by atoms with Gasteiger partial charge in [0.05, 0.1) is 6.54 Å². The van der Waals surface area contributed by atoms with Gasteiger partial charge in [0.1, 0.15) is 29.9 Å². The average molecular weight is 421 g/mol. The van der Waals surface area contributed by atoms with Gasteiger partial charge in [0.2, 0.25) is 0 Å². The van der Waals surface area contributed by atoms with E-state index in [9.17, 15) is 13.9 Å². The molecule has 0 spiro atoms. The fraction of sp³-hybridized carbons (Fsp3) is 0.278. The lowest BCUT2D eigenvalue weighted by atomic mass is 9.90. The van der Waals surface area contributed by atoms with Gasteiger partial charge in [-0.1, -0.05) is 13.0 Å². The van der Waals surface area contributed by atoms with Crippen LogP contribution in [0, 0.1) is 11.6 Å². The van der Waals surface area contributed by atoms with Crippen LogP contribution in [0.15, 0.2) is 48.6 Å². The summed E-state index contributed by atoms with van der Waals surface area (Å²) in [4.78, 5) is 9.03. The number of rotatable bonds is 7. The van der Waals surface area contributed by atoms with Crippen LogP contribution in [-0.2, 0) is 17.9 Å². The van der Waals surface area contributed by atoms with E-state index in [1.165, 1.54) is 46.5 Å². The molecule has 0 radical (unpaired) electrons. The molecule has 0 aliphatic carbocycles. The molecular weight excluding hydrogens is 404 g/mol. The molecule has 0 bridgehead atoms. The summed E-state index contributed by atoms with van der Waals surface area (Å²) in [7, 11) is 0. The minimum absolute atomic E-state index is 0.00611. The second-order valence-corrected chi connectivity index (χ2v) is 8.57.